The molecule has 0 spiro atoms. The van der Waals surface area contributed by atoms with Gasteiger partial charge in [-0.15, -0.1) is 0 Å². The van der Waals surface area contributed by atoms with Crippen LogP contribution in [-0.2, 0) is 9.53 Å². The van der Waals surface area contributed by atoms with E-state index in [1.165, 1.54) is 6.07 Å². The maximum Gasteiger partial charge on any atom is 0.222 e. The van der Waals surface area contributed by atoms with Crippen molar-refractivity contribution >= 4 is 5.91 Å². The number of para-hydroxylation sites is 1. The van der Waals surface area contributed by atoms with Crippen LogP contribution in [-0.4, -0.2) is 44.2 Å². The van der Waals surface area contributed by atoms with Crippen LogP contribution in [0.25, 0.3) is 0 Å². The van der Waals surface area contributed by atoms with Crippen molar-refractivity contribution in [3.05, 3.63) is 30.1 Å². The average Bonchev–Trinajstić information content (AvgIpc) is 2.53. The Balaban J connectivity index is 1.63. The highest BCUT2D eigenvalue weighted by molar-refractivity contribution is 5.76. The van der Waals surface area contributed by atoms with E-state index in [0.717, 1.165) is 19.4 Å². The first-order chi connectivity index (χ1) is 10.7. The first-order valence-corrected chi connectivity index (χ1v) is 7.86. The predicted molar refractivity (Wildman–Crippen MR) is 82.3 cm³/mol. The molecule has 0 unspecified atom stereocenters. The van der Waals surface area contributed by atoms with E-state index in [1.54, 1.807) is 30.1 Å². The quantitative estimate of drug-likeness (QED) is 0.727. The zero-order valence-electron chi connectivity index (χ0n) is 13.1. The molecule has 4 nitrogen and oxygen atoms in total. The van der Waals surface area contributed by atoms with Gasteiger partial charge in [0.05, 0.1) is 6.61 Å². The number of carbonyl (C=O) groups excluding carboxylic acids is 1. The Morgan fingerprint density at radius 3 is 3.00 bits per heavy atom. The van der Waals surface area contributed by atoms with Crippen LogP contribution < -0.4 is 4.74 Å². The lowest BCUT2D eigenvalue weighted by molar-refractivity contribution is -0.132. The molecule has 22 heavy (non-hydrogen) atoms. The number of ether oxygens (including phenoxy) is 2. The molecule has 1 aromatic rings. The van der Waals surface area contributed by atoms with Crippen molar-refractivity contribution in [3.63, 3.8) is 0 Å². The lowest BCUT2D eigenvalue weighted by Gasteiger charge is -2.24. The molecule has 1 aliphatic rings. The van der Waals surface area contributed by atoms with E-state index in [0.29, 0.717) is 38.5 Å². The molecular weight excluding hydrogens is 285 g/mol. The van der Waals surface area contributed by atoms with Gasteiger partial charge in [0.1, 0.15) is 0 Å². The fourth-order valence-corrected chi connectivity index (χ4v) is 2.54. The van der Waals surface area contributed by atoms with Crippen LogP contribution in [0.15, 0.2) is 24.3 Å². The second kappa shape index (κ2) is 8.73. The number of hydrogen-bond donors (Lipinski definition) is 0. The molecule has 0 bridgehead atoms. The van der Waals surface area contributed by atoms with Crippen LogP contribution in [0.5, 0.6) is 5.75 Å². The minimum Gasteiger partial charge on any atom is -0.490 e. The number of nitrogens with zero attached hydrogens (tertiary/aromatic N) is 1. The maximum absolute atomic E-state index is 13.4. The Hall–Kier alpha value is -1.62. The van der Waals surface area contributed by atoms with E-state index in [9.17, 15) is 9.18 Å². The summed E-state index contributed by atoms with van der Waals surface area (Å²) in [4.78, 5) is 13.8. The molecule has 2 rings (SSSR count). The van der Waals surface area contributed by atoms with Gasteiger partial charge in [-0.2, -0.15) is 0 Å². The number of carbonyl (C=O) groups is 1. The summed E-state index contributed by atoms with van der Waals surface area (Å²) >= 11 is 0. The van der Waals surface area contributed by atoms with Crippen molar-refractivity contribution in [1.29, 1.82) is 0 Å². The van der Waals surface area contributed by atoms with Crippen molar-refractivity contribution in [2.75, 3.05) is 33.4 Å². The first kappa shape index (κ1) is 16.7. The summed E-state index contributed by atoms with van der Waals surface area (Å²) in [5.41, 5.74) is 0. The smallest absolute Gasteiger partial charge is 0.222 e. The Morgan fingerprint density at radius 1 is 1.45 bits per heavy atom. The molecule has 0 saturated carbocycles. The molecule has 1 amide bonds. The summed E-state index contributed by atoms with van der Waals surface area (Å²) in [5, 5.41) is 0. The third kappa shape index (κ3) is 5.30. The molecule has 1 fully saturated rings. The van der Waals surface area contributed by atoms with Crippen LogP contribution in [0.4, 0.5) is 4.39 Å². The molecule has 1 saturated heterocycles. The molecule has 122 valence electrons. The zero-order valence-corrected chi connectivity index (χ0v) is 13.1. The van der Waals surface area contributed by atoms with Crippen LogP contribution in [0.1, 0.15) is 25.7 Å². The molecule has 0 N–H and O–H groups in total. The minimum absolute atomic E-state index is 0.140. The van der Waals surface area contributed by atoms with Gasteiger partial charge >= 0.3 is 0 Å². The average molecular weight is 309 g/mol. The highest BCUT2D eigenvalue weighted by atomic mass is 19.1. The Morgan fingerprint density at radius 2 is 2.27 bits per heavy atom. The minimum atomic E-state index is -0.357. The van der Waals surface area contributed by atoms with Gasteiger partial charge in [0.15, 0.2) is 11.6 Å². The second-order valence-corrected chi connectivity index (χ2v) is 5.74. The Bertz CT molecular complexity index is 475. The number of amides is 1. The normalized spacial score (nSPS) is 18.0. The maximum atomic E-state index is 13.4. The molecule has 1 aromatic carbocycles. The van der Waals surface area contributed by atoms with E-state index in [4.69, 9.17) is 9.47 Å². The van der Waals surface area contributed by atoms with Gasteiger partial charge in [-0.25, -0.2) is 4.39 Å². The van der Waals surface area contributed by atoms with Gasteiger partial charge in [-0.3, -0.25) is 4.79 Å². The summed E-state index contributed by atoms with van der Waals surface area (Å²) in [6, 6.07) is 6.34. The molecule has 0 aliphatic carbocycles. The van der Waals surface area contributed by atoms with Crippen LogP contribution in [0.2, 0.25) is 0 Å². The van der Waals surface area contributed by atoms with E-state index in [1.807, 2.05) is 0 Å². The summed E-state index contributed by atoms with van der Waals surface area (Å²) in [6.45, 7) is 2.51. The van der Waals surface area contributed by atoms with Crippen LogP contribution in [0.3, 0.4) is 0 Å². The fourth-order valence-electron chi connectivity index (χ4n) is 2.54. The monoisotopic (exact) mass is 309 g/mol. The molecule has 5 heteroatoms. The third-order valence-electron chi connectivity index (χ3n) is 3.88. The van der Waals surface area contributed by atoms with E-state index in [2.05, 4.69) is 0 Å². The van der Waals surface area contributed by atoms with Crippen molar-refractivity contribution < 1.29 is 18.7 Å². The highest BCUT2D eigenvalue weighted by Crippen LogP contribution is 2.18. The van der Waals surface area contributed by atoms with Crippen LogP contribution >= 0.6 is 0 Å². The topological polar surface area (TPSA) is 38.8 Å². The van der Waals surface area contributed by atoms with Crippen molar-refractivity contribution in [1.82, 2.24) is 4.90 Å². The molecule has 1 heterocycles. The van der Waals surface area contributed by atoms with Crippen molar-refractivity contribution in [3.8, 4) is 5.75 Å². The summed E-state index contributed by atoms with van der Waals surface area (Å²) in [5.74, 6) is 0.389. The van der Waals surface area contributed by atoms with Gasteiger partial charge < -0.3 is 14.4 Å². The van der Waals surface area contributed by atoms with E-state index < -0.39 is 0 Å². The fraction of sp³-hybridized carbons (Fsp3) is 0.588. The standard InChI is InChI=1S/C17H24FNO3/c1-19(17(20)12-14-6-4-10-21-13-14)9-5-11-22-16-8-3-2-7-15(16)18/h2-3,7-8,14H,4-6,9-13H2,1H3/t14-/m0/s1. The molecule has 0 radical (unpaired) electrons. The van der Waals surface area contributed by atoms with Gasteiger partial charge in [0, 0.05) is 33.2 Å². The number of halogens is 1. The van der Waals surface area contributed by atoms with Crippen molar-refractivity contribution in [2.24, 2.45) is 5.92 Å². The number of hydrogen-bond acceptors (Lipinski definition) is 3. The Kier molecular flexibility index (Phi) is 6.65. The van der Waals surface area contributed by atoms with Gasteiger partial charge in [0.25, 0.3) is 0 Å². The van der Waals surface area contributed by atoms with E-state index >= 15 is 0 Å². The lowest BCUT2D eigenvalue weighted by atomic mass is 9.98. The number of rotatable bonds is 7. The number of benzene rings is 1. The van der Waals surface area contributed by atoms with Gasteiger partial charge in [-0.1, -0.05) is 12.1 Å². The largest absolute Gasteiger partial charge is 0.490 e. The SMILES string of the molecule is CN(CCCOc1ccccc1F)C(=O)C[C@@H]1CCCOC1. The zero-order chi connectivity index (χ0) is 15.8. The van der Waals surface area contributed by atoms with Gasteiger partial charge in [0.2, 0.25) is 5.91 Å². The predicted octanol–water partition coefficient (Wildman–Crippen LogP) is 2.87. The molecule has 1 aliphatic heterocycles. The Labute approximate surface area is 131 Å². The molecule has 0 aromatic heterocycles. The summed E-state index contributed by atoms with van der Waals surface area (Å²) in [6.07, 6.45) is 3.33. The summed E-state index contributed by atoms with van der Waals surface area (Å²) < 4.78 is 24.1. The van der Waals surface area contributed by atoms with E-state index in [-0.39, 0.29) is 17.5 Å². The van der Waals surface area contributed by atoms with Gasteiger partial charge in [-0.05, 0) is 37.3 Å². The second-order valence-electron chi connectivity index (χ2n) is 5.74. The highest BCUT2D eigenvalue weighted by Gasteiger charge is 2.19. The molecular formula is C17H24FNO3. The molecule has 1 atom stereocenters. The third-order valence-corrected chi connectivity index (χ3v) is 3.88. The first-order valence-electron chi connectivity index (χ1n) is 7.86. The van der Waals surface area contributed by atoms with Crippen molar-refractivity contribution in [2.45, 2.75) is 25.7 Å². The lowest BCUT2D eigenvalue weighted by Crippen LogP contribution is -2.32. The summed E-state index contributed by atoms with van der Waals surface area (Å²) in [7, 11) is 1.80. The van der Waals surface area contributed by atoms with Crippen LogP contribution in [0, 0.1) is 11.7 Å².